The number of ether oxygens (including phenoxy) is 3. The summed E-state index contributed by atoms with van der Waals surface area (Å²) in [5.74, 6) is -0.136. The highest BCUT2D eigenvalue weighted by atomic mass is 16.5. The van der Waals surface area contributed by atoms with Crippen LogP contribution in [0, 0.1) is 0 Å². The molecule has 1 saturated heterocycles. The topological polar surface area (TPSA) is 77.1 Å². The van der Waals surface area contributed by atoms with Crippen LogP contribution in [0.3, 0.4) is 0 Å². The molecule has 0 aliphatic carbocycles. The van der Waals surface area contributed by atoms with E-state index in [9.17, 15) is 9.59 Å². The molecule has 7 heteroatoms. The van der Waals surface area contributed by atoms with E-state index in [4.69, 9.17) is 14.2 Å². The van der Waals surface area contributed by atoms with Crippen LogP contribution in [0.15, 0.2) is 48.5 Å². The summed E-state index contributed by atoms with van der Waals surface area (Å²) in [4.78, 5) is 27.5. The number of morpholine rings is 1. The molecular weight excluding hydrogens is 384 g/mol. The van der Waals surface area contributed by atoms with E-state index in [1.807, 2.05) is 24.3 Å². The van der Waals surface area contributed by atoms with Crippen LogP contribution in [0.5, 0.6) is 5.75 Å². The van der Waals surface area contributed by atoms with Crippen molar-refractivity contribution in [2.45, 2.75) is 26.4 Å². The van der Waals surface area contributed by atoms with E-state index in [0.717, 1.165) is 5.69 Å². The lowest BCUT2D eigenvalue weighted by Crippen LogP contribution is -2.42. The van der Waals surface area contributed by atoms with E-state index in [1.54, 1.807) is 45.0 Å². The number of benzene rings is 2. The molecule has 2 aromatic carbocycles. The number of carbonyl (C=O) groups is 2. The zero-order valence-corrected chi connectivity index (χ0v) is 17.6. The maximum absolute atomic E-state index is 12.9. The largest absolute Gasteiger partial charge is 0.478 e. The van der Waals surface area contributed by atoms with Crippen LogP contribution in [0.2, 0.25) is 0 Å². The van der Waals surface area contributed by atoms with Gasteiger partial charge in [0.2, 0.25) is 0 Å². The fourth-order valence-electron chi connectivity index (χ4n) is 3.18. The summed E-state index contributed by atoms with van der Waals surface area (Å²) in [6.07, 6.45) is 0. The maximum Gasteiger partial charge on any atom is 0.340 e. The van der Waals surface area contributed by atoms with Gasteiger partial charge < -0.3 is 24.4 Å². The Hall–Kier alpha value is -3.06. The van der Waals surface area contributed by atoms with Crippen LogP contribution in [-0.2, 0) is 14.3 Å². The molecule has 3 rings (SSSR count). The molecule has 30 heavy (non-hydrogen) atoms. The lowest BCUT2D eigenvalue weighted by atomic mass is 10.1. The van der Waals surface area contributed by atoms with E-state index in [-0.39, 0.29) is 12.5 Å². The summed E-state index contributed by atoms with van der Waals surface area (Å²) < 4.78 is 16.5. The minimum Gasteiger partial charge on any atom is -0.478 e. The van der Waals surface area contributed by atoms with Crippen molar-refractivity contribution in [3.05, 3.63) is 54.1 Å². The average Bonchev–Trinajstić information content (AvgIpc) is 2.75. The number of amides is 1. The van der Waals surface area contributed by atoms with Gasteiger partial charge in [-0.25, -0.2) is 4.79 Å². The first-order chi connectivity index (χ1) is 14.4. The summed E-state index contributed by atoms with van der Waals surface area (Å²) in [6, 6.07) is 14.4. The Morgan fingerprint density at radius 1 is 1.10 bits per heavy atom. The van der Waals surface area contributed by atoms with Gasteiger partial charge in [-0.1, -0.05) is 18.2 Å². The Balaban J connectivity index is 1.80. The highest BCUT2D eigenvalue weighted by molar-refractivity contribution is 6.01. The third-order valence-corrected chi connectivity index (χ3v) is 4.76. The molecular formula is C23H28N2O5. The van der Waals surface area contributed by atoms with Crippen molar-refractivity contribution in [1.82, 2.24) is 0 Å². The van der Waals surface area contributed by atoms with Gasteiger partial charge in [0.25, 0.3) is 5.91 Å². The molecule has 7 nitrogen and oxygen atoms in total. The van der Waals surface area contributed by atoms with E-state index in [1.165, 1.54) is 0 Å². The highest BCUT2D eigenvalue weighted by Gasteiger charge is 2.30. The predicted molar refractivity (Wildman–Crippen MR) is 115 cm³/mol. The van der Waals surface area contributed by atoms with Crippen molar-refractivity contribution in [2.75, 3.05) is 43.1 Å². The number of nitrogens with one attached hydrogen (secondary N) is 1. The molecule has 0 bridgehead atoms. The van der Waals surface area contributed by atoms with E-state index in [2.05, 4.69) is 10.2 Å². The predicted octanol–water partition coefficient (Wildman–Crippen LogP) is 3.50. The van der Waals surface area contributed by atoms with Crippen LogP contribution in [0.4, 0.5) is 11.4 Å². The summed E-state index contributed by atoms with van der Waals surface area (Å²) in [6.45, 7) is 8.02. The van der Waals surface area contributed by atoms with E-state index < -0.39 is 11.6 Å². The Bertz CT molecular complexity index is 876. The third kappa shape index (κ3) is 5.30. The molecule has 1 amide bonds. The highest BCUT2D eigenvalue weighted by Crippen LogP contribution is 2.27. The van der Waals surface area contributed by atoms with Crippen LogP contribution in [0.1, 0.15) is 31.1 Å². The number of nitrogens with zero attached hydrogens (tertiary/aromatic N) is 1. The molecule has 1 N–H and O–H groups in total. The summed E-state index contributed by atoms with van der Waals surface area (Å²) in [5, 5.41) is 2.86. The van der Waals surface area contributed by atoms with Crippen molar-refractivity contribution in [3.63, 3.8) is 0 Å². The smallest absolute Gasteiger partial charge is 0.340 e. The molecule has 0 atom stereocenters. The van der Waals surface area contributed by atoms with Gasteiger partial charge >= 0.3 is 5.97 Å². The number of rotatable bonds is 7. The van der Waals surface area contributed by atoms with E-state index >= 15 is 0 Å². The van der Waals surface area contributed by atoms with E-state index in [0.29, 0.717) is 43.3 Å². The maximum atomic E-state index is 12.9. The fraction of sp³-hybridized carbons (Fsp3) is 0.391. The zero-order valence-electron chi connectivity index (χ0n) is 17.6. The van der Waals surface area contributed by atoms with Gasteiger partial charge in [0, 0.05) is 18.8 Å². The summed E-state index contributed by atoms with van der Waals surface area (Å²) in [5.41, 5.74) is 0.589. The second-order valence-electron chi connectivity index (χ2n) is 7.43. The van der Waals surface area contributed by atoms with Crippen LogP contribution in [-0.4, -0.2) is 50.4 Å². The molecule has 160 valence electrons. The first kappa shape index (κ1) is 21.6. The minimum atomic E-state index is -1.10. The number of carbonyl (C=O) groups excluding carboxylic acids is 2. The zero-order chi connectivity index (χ0) is 21.6. The van der Waals surface area contributed by atoms with Crippen molar-refractivity contribution in [1.29, 1.82) is 0 Å². The second-order valence-corrected chi connectivity index (χ2v) is 7.43. The first-order valence-electron chi connectivity index (χ1n) is 10.1. The molecule has 1 fully saturated rings. The molecule has 2 aromatic rings. The minimum absolute atomic E-state index is 0.274. The number of hydrogen-bond acceptors (Lipinski definition) is 6. The van der Waals surface area contributed by atoms with Crippen LogP contribution in [0.25, 0.3) is 0 Å². The van der Waals surface area contributed by atoms with Gasteiger partial charge in [-0.15, -0.1) is 0 Å². The normalized spacial score (nSPS) is 14.2. The third-order valence-electron chi connectivity index (χ3n) is 4.76. The summed E-state index contributed by atoms with van der Waals surface area (Å²) in [7, 11) is 0. The van der Waals surface area contributed by atoms with Gasteiger partial charge in [-0.2, -0.15) is 0 Å². The van der Waals surface area contributed by atoms with Crippen LogP contribution < -0.4 is 15.0 Å². The molecule has 0 aromatic heterocycles. The number of hydrogen-bond donors (Lipinski definition) is 1. The Morgan fingerprint density at radius 2 is 1.80 bits per heavy atom. The lowest BCUT2D eigenvalue weighted by molar-refractivity contribution is -0.128. The fourth-order valence-corrected chi connectivity index (χ4v) is 3.18. The Kier molecular flexibility index (Phi) is 6.95. The lowest BCUT2D eigenvalue weighted by Gasteiger charge is -2.30. The van der Waals surface area contributed by atoms with Crippen molar-refractivity contribution in [3.8, 4) is 5.75 Å². The number of anilines is 2. The second kappa shape index (κ2) is 9.63. The molecule has 1 aliphatic heterocycles. The Labute approximate surface area is 176 Å². The number of para-hydroxylation sites is 1. The molecule has 0 unspecified atom stereocenters. The van der Waals surface area contributed by atoms with Gasteiger partial charge in [-0.3, -0.25) is 4.79 Å². The van der Waals surface area contributed by atoms with Crippen molar-refractivity contribution < 1.29 is 23.8 Å². The number of esters is 1. The van der Waals surface area contributed by atoms with Gasteiger partial charge in [0.15, 0.2) is 5.60 Å². The first-order valence-corrected chi connectivity index (χ1v) is 10.1. The molecule has 0 radical (unpaired) electrons. The monoisotopic (exact) mass is 412 g/mol. The molecule has 0 spiro atoms. The average molecular weight is 412 g/mol. The standard InChI is InChI=1S/C23H28N2O5/c1-4-29-21(26)19-16-17(10-11-20(19)25-12-14-28-15-13-25)24-22(27)23(2,3)30-18-8-6-5-7-9-18/h5-11,16H,4,12-15H2,1-3H3,(H,24,27). The Morgan fingerprint density at radius 3 is 2.47 bits per heavy atom. The van der Waals surface area contributed by atoms with Gasteiger partial charge in [-0.05, 0) is 51.1 Å². The molecule has 1 heterocycles. The van der Waals surface area contributed by atoms with Crippen molar-refractivity contribution in [2.24, 2.45) is 0 Å². The van der Waals surface area contributed by atoms with Gasteiger partial charge in [0.05, 0.1) is 31.1 Å². The summed E-state index contributed by atoms with van der Waals surface area (Å²) >= 11 is 0. The van der Waals surface area contributed by atoms with Gasteiger partial charge in [0.1, 0.15) is 5.75 Å². The SMILES string of the molecule is CCOC(=O)c1cc(NC(=O)C(C)(C)Oc2ccccc2)ccc1N1CCOCC1. The molecule has 1 aliphatic rings. The molecule has 0 saturated carbocycles. The van der Waals surface area contributed by atoms with Crippen LogP contribution >= 0.6 is 0 Å². The van der Waals surface area contributed by atoms with Crippen molar-refractivity contribution >= 4 is 23.3 Å². The quantitative estimate of drug-likeness (QED) is 0.702.